The topological polar surface area (TPSA) is 46.5 Å². The predicted octanol–water partition coefficient (Wildman–Crippen LogP) is 6.98. The quantitative estimate of drug-likeness (QED) is 0.300. The van der Waals surface area contributed by atoms with Crippen LogP contribution in [0.2, 0.25) is 0 Å². The highest BCUT2D eigenvalue weighted by atomic mass is 16.6. The number of carbonyl (C=O) groups is 1. The van der Waals surface area contributed by atoms with Gasteiger partial charge in [0, 0.05) is 5.57 Å². The van der Waals surface area contributed by atoms with E-state index in [1.165, 1.54) is 5.56 Å². The normalized spacial score (nSPS) is 13.1. The lowest BCUT2D eigenvalue weighted by molar-refractivity contribution is -0.149. The summed E-state index contributed by atoms with van der Waals surface area (Å²) in [6.45, 7) is 11.8. The molecule has 3 heteroatoms. The second-order valence-corrected chi connectivity index (χ2v) is 9.18. The molecule has 0 bridgehead atoms. The highest BCUT2D eigenvalue weighted by Crippen LogP contribution is 2.19. The summed E-state index contributed by atoms with van der Waals surface area (Å²) in [7, 11) is 0. The van der Waals surface area contributed by atoms with Gasteiger partial charge < -0.3 is 9.84 Å². The van der Waals surface area contributed by atoms with Crippen LogP contribution in [0.15, 0.2) is 71.8 Å². The van der Waals surface area contributed by atoms with E-state index in [-0.39, 0.29) is 11.7 Å². The third-order valence-corrected chi connectivity index (χ3v) is 4.57. The van der Waals surface area contributed by atoms with Gasteiger partial charge in [0.15, 0.2) is 0 Å². The number of benzene rings is 2. The van der Waals surface area contributed by atoms with Gasteiger partial charge in [-0.1, -0.05) is 74.5 Å². The molecule has 0 aliphatic rings. The summed E-state index contributed by atoms with van der Waals surface area (Å²) >= 11 is 0. The number of hydrogen-bond donors (Lipinski definition) is 1. The minimum Gasteiger partial charge on any atom is -0.508 e. The van der Waals surface area contributed by atoms with E-state index < -0.39 is 5.60 Å². The molecule has 0 fully saturated rings. The summed E-state index contributed by atoms with van der Waals surface area (Å²) in [6, 6.07) is 15.4. The summed E-state index contributed by atoms with van der Waals surface area (Å²) < 4.78 is 5.56. The van der Waals surface area contributed by atoms with Gasteiger partial charge in [-0.15, -0.1) is 0 Å². The number of hydrogen-bond acceptors (Lipinski definition) is 3. The second-order valence-electron chi connectivity index (χ2n) is 9.18. The first-order valence-corrected chi connectivity index (χ1v) is 10.7. The molecule has 0 spiro atoms. The molecule has 2 aromatic rings. The first-order chi connectivity index (χ1) is 14.5. The summed E-state index contributed by atoms with van der Waals surface area (Å²) in [5, 5.41) is 9.48. The number of carbonyl (C=O) groups excluding carboxylic acids is 1. The molecule has 0 atom stereocenters. The van der Waals surface area contributed by atoms with E-state index >= 15 is 0 Å². The van der Waals surface area contributed by atoms with Crippen molar-refractivity contribution in [2.24, 2.45) is 5.92 Å². The Morgan fingerprint density at radius 3 is 1.87 bits per heavy atom. The van der Waals surface area contributed by atoms with Crippen molar-refractivity contribution in [3.8, 4) is 5.75 Å². The number of ether oxygens (including phenoxy) is 1. The van der Waals surface area contributed by atoms with Gasteiger partial charge in [-0.3, -0.25) is 0 Å². The van der Waals surface area contributed by atoms with Crippen molar-refractivity contribution in [2.75, 3.05) is 0 Å². The van der Waals surface area contributed by atoms with Crippen molar-refractivity contribution in [2.45, 2.75) is 53.6 Å². The largest absolute Gasteiger partial charge is 0.508 e. The monoisotopic (exact) mass is 418 g/mol. The van der Waals surface area contributed by atoms with Gasteiger partial charge in [-0.05, 0) is 74.4 Å². The van der Waals surface area contributed by atoms with Crippen molar-refractivity contribution in [1.29, 1.82) is 0 Å². The predicted molar refractivity (Wildman–Crippen MR) is 130 cm³/mol. The van der Waals surface area contributed by atoms with Crippen LogP contribution in [0, 0.1) is 5.92 Å². The number of phenolic OH excluding ortho intramolecular Hbond substituents is 1. The molecule has 0 saturated heterocycles. The Labute approximate surface area is 186 Å². The number of rotatable bonds is 7. The zero-order valence-corrected chi connectivity index (χ0v) is 19.5. The van der Waals surface area contributed by atoms with E-state index in [0.717, 1.165) is 23.1 Å². The van der Waals surface area contributed by atoms with E-state index in [9.17, 15) is 9.90 Å². The molecule has 2 aromatic carbocycles. The van der Waals surface area contributed by atoms with Crippen molar-refractivity contribution in [3.05, 3.63) is 88.5 Å². The Morgan fingerprint density at radius 2 is 1.42 bits per heavy atom. The first-order valence-electron chi connectivity index (χ1n) is 10.7. The van der Waals surface area contributed by atoms with Crippen LogP contribution in [-0.4, -0.2) is 16.7 Å². The van der Waals surface area contributed by atoms with Crippen LogP contribution in [0.1, 0.15) is 58.2 Å². The van der Waals surface area contributed by atoms with Gasteiger partial charge in [0.1, 0.15) is 11.4 Å². The van der Waals surface area contributed by atoms with E-state index in [4.69, 9.17) is 4.74 Å². The fourth-order valence-electron chi connectivity index (χ4n) is 2.97. The maximum atomic E-state index is 12.6. The molecule has 0 amide bonds. The lowest BCUT2D eigenvalue weighted by Gasteiger charge is -2.20. The summed E-state index contributed by atoms with van der Waals surface area (Å²) in [6.07, 6.45) is 8.81. The molecule has 3 nitrogen and oxygen atoms in total. The van der Waals surface area contributed by atoms with Crippen LogP contribution in [0.5, 0.6) is 5.75 Å². The van der Waals surface area contributed by atoms with Gasteiger partial charge in [0.05, 0.1) is 0 Å². The minimum absolute atomic E-state index is 0.221. The lowest BCUT2D eigenvalue weighted by Crippen LogP contribution is -2.24. The third kappa shape index (κ3) is 8.67. The SMILES string of the molecule is CC(C(=O)OC(C)(C)C)=C(C=Cc1ccc(O)cc1)C=Cc1ccc(CC(C)C)cc1. The molecule has 164 valence electrons. The molecule has 31 heavy (non-hydrogen) atoms. The maximum Gasteiger partial charge on any atom is 0.334 e. The van der Waals surface area contributed by atoms with Crippen molar-refractivity contribution < 1.29 is 14.6 Å². The second kappa shape index (κ2) is 10.8. The zero-order chi connectivity index (χ0) is 23.0. The van der Waals surface area contributed by atoms with Gasteiger partial charge in [-0.2, -0.15) is 0 Å². The molecule has 0 aromatic heterocycles. The zero-order valence-electron chi connectivity index (χ0n) is 19.5. The molecule has 2 rings (SSSR count). The third-order valence-electron chi connectivity index (χ3n) is 4.57. The van der Waals surface area contributed by atoms with E-state index in [1.54, 1.807) is 19.1 Å². The summed E-state index contributed by atoms with van der Waals surface area (Å²) in [4.78, 5) is 12.6. The van der Waals surface area contributed by atoms with Gasteiger partial charge in [-0.25, -0.2) is 4.79 Å². The first kappa shape index (κ1) is 24.2. The molecule has 0 aliphatic heterocycles. The number of esters is 1. The van der Waals surface area contributed by atoms with Crippen molar-refractivity contribution >= 4 is 18.1 Å². The average molecular weight is 419 g/mol. The van der Waals surface area contributed by atoms with Crippen LogP contribution < -0.4 is 0 Å². The van der Waals surface area contributed by atoms with Gasteiger partial charge in [0.2, 0.25) is 0 Å². The Bertz CT molecular complexity index is 951. The van der Waals surface area contributed by atoms with Crippen LogP contribution >= 0.6 is 0 Å². The molecule has 0 unspecified atom stereocenters. The van der Waals surface area contributed by atoms with Crippen LogP contribution in [0.3, 0.4) is 0 Å². The van der Waals surface area contributed by atoms with Crippen LogP contribution in [0.4, 0.5) is 0 Å². The Morgan fingerprint density at radius 1 is 0.935 bits per heavy atom. The molecule has 0 heterocycles. The summed E-state index contributed by atoms with van der Waals surface area (Å²) in [5.74, 6) is 0.505. The lowest BCUT2D eigenvalue weighted by atomic mass is 10.0. The minimum atomic E-state index is -0.555. The smallest absolute Gasteiger partial charge is 0.334 e. The standard InChI is InChI=1S/C28H34O3/c1-20(2)19-24-9-7-22(8-10-24)11-15-25(21(3)27(30)31-28(4,5)6)16-12-23-13-17-26(29)18-14-23/h7-18,20,29H,19H2,1-6H3. The van der Waals surface area contributed by atoms with Crippen molar-refractivity contribution in [3.63, 3.8) is 0 Å². The molecule has 1 N–H and O–H groups in total. The number of allylic oxidation sites excluding steroid dienone is 3. The Balaban J connectivity index is 2.32. The number of phenols is 1. The fraction of sp³-hybridized carbons (Fsp3) is 0.321. The highest BCUT2D eigenvalue weighted by Gasteiger charge is 2.18. The number of aromatic hydroxyl groups is 1. The van der Waals surface area contributed by atoms with Crippen LogP contribution in [0.25, 0.3) is 12.2 Å². The van der Waals surface area contributed by atoms with Crippen LogP contribution in [-0.2, 0) is 16.0 Å². The van der Waals surface area contributed by atoms with E-state index in [2.05, 4.69) is 38.1 Å². The molecular weight excluding hydrogens is 384 g/mol. The van der Waals surface area contributed by atoms with Crippen molar-refractivity contribution in [1.82, 2.24) is 0 Å². The van der Waals surface area contributed by atoms with Gasteiger partial charge in [0.25, 0.3) is 0 Å². The highest BCUT2D eigenvalue weighted by molar-refractivity contribution is 5.91. The molecule has 0 saturated carbocycles. The maximum absolute atomic E-state index is 12.6. The van der Waals surface area contributed by atoms with Gasteiger partial charge >= 0.3 is 5.97 Å². The Kier molecular flexibility index (Phi) is 8.44. The molecular formula is C28H34O3. The average Bonchev–Trinajstić information content (AvgIpc) is 2.68. The molecule has 0 radical (unpaired) electrons. The Hall–Kier alpha value is -3.07. The summed E-state index contributed by atoms with van der Waals surface area (Å²) in [5.41, 5.74) is 4.07. The van der Waals surface area contributed by atoms with E-state index in [1.807, 2.05) is 57.2 Å². The van der Waals surface area contributed by atoms with E-state index in [0.29, 0.717) is 11.5 Å². The fourth-order valence-corrected chi connectivity index (χ4v) is 2.97. The molecule has 0 aliphatic carbocycles.